The smallest absolute Gasteiger partial charge is 0.319 e. The molecule has 0 unspecified atom stereocenters. The van der Waals surface area contributed by atoms with E-state index in [-0.39, 0.29) is 39.3 Å². The zero-order valence-electron chi connectivity index (χ0n) is 15.4. The van der Waals surface area contributed by atoms with Crippen molar-refractivity contribution in [3.63, 3.8) is 0 Å². The van der Waals surface area contributed by atoms with Gasteiger partial charge in [-0.2, -0.15) is 0 Å². The third-order valence-corrected chi connectivity index (χ3v) is 3.26. The third kappa shape index (κ3) is 10.6. The second kappa shape index (κ2) is 13.0. The van der Waals surface area contributed by atoms with E-state index >= 15 is 0 Å². The van der Waals surface area contributed by atoms with Gasteiger partial charge >= 0.3 is 23.9 Å². The Morgan fingerprint density at radius 1 is 0.654 bits per heavy atom. The van der Waals surface area contributed by atoms with Gasteiger partial charge in [0.1, 0.15) is 0 Å². The van der Waals surface area contributed by atoms with Crippen LogP contribution in [0.15, 0.2) is 0 Å². The molecule has 0 bridgehead atoms. The highest BCUT2D eigenvalue weighted by molar-refractivity contribution is 5.75. The van der Waals surface area contributed by atoms with Gasteiger partial charge in [0, 0.05) is 13.1 Å². The van der Waals surface area contributed by atoms with Crippen LogP contribution in [0.3, 0.4) is 0 Å². The van der Waals surface area contributed by atoms with Gasteiger partial charge in [0.15, 0.2) is 0 Å². The summed E-state index contributed by atoms with van der Waals surface area (Å²) in [7, 11) is 4.79. The maximum Gasteiger partial charge on any atom is 0.319 e. The Labute approximate surface area is 151 Å². The molecule has 0 aliphatic rings. The number of aliphatic hydroxyl groups is 1. The molecule has 0 aliphatic heterocycles. The summed E-state index contributed by atoms with van der Waals surface area (Å²) >= 11 is 0. The number of hydrogen-bond acceptors (Lipinski definition) is 11. The van der Waals surface area contributed by atoms with Crippen LogP contribution in [0.1, 0.15) is 0 Å². The molecule has 11 nitrogen and oxygen atoms in total. The average molecular weight is 378 g/mol. The molecule has 0 rings (SSSR count). The lowest BCUT2D eigenvalue weighted by atomic mass is 10.2. The van der Waals surface area contributed by atoms with E-state index in [9.17, 15) is 24.3 Å². The molecule has 0 fully saturated rings. The highest BCUT2D eigenvalue weighted by Gasteiger charge is 2.23. The van der Waals surface area contributed by atoms with Gasteiger partial charge in [0.25, 0.3) is 0 Å². The number of carbonyl (C=O) groups is 4. The fourth-order valence-electron chi connectivity index (χ4n) is 2.01. The van der Waals surface area contributed by atoms with Crippen molar-refractivity contribution >= 4 is 23.9 Å². The van der Waals surface area contributed by atoms with Crippen LogP contribution in [0.25, 0.3) is 0 Å². The summed E-state index contributed by atoms with van der Waals surface area (Å²) in [6.07, 6.45) is -1.08. The minimum atomic E-state index is -1.08. The van der Waals surface area contributed by atoms with Gasteiger partial charge in [0.05, 0.1) is 60.7 Å². The monoisotopic (exact) mass is 378 g/mol. The van der Waals surface area contributed by atoms with Gasteiger partial charge in [-0.1, -0.05) is 0 Å². The number of ether oxygens (including phenoxy) is 4. The molecule has 0 heterocycles. The molecule has 11 heteroatoms. The number of methoxy groups -OCH3 is 4. The average Bonchev–Trinajstić information content (AvgIpc) is 2.60. The van der Waals surface area contributed by atoms with Crippen LogP contribution >= 0.6 is 0 Å². The fraction of sp³-hybridized carbons (Fsp3) is 0.733. The topological polar surface area (TPSA) is 132 Å². The van der Waals surface area contributed by atoms with E-state index in [1.54, 1.807) is 0 Å². The number of nitrogens with zero attached hydrogens (tertiary/aromatic N) is 2. The Kier molecular flexibility index (Phi) is 11.9. The van der Waals surface area contributed by atoms with Crippen molar-refractivity contribution in [1.82, 2.24) is 9.80 Å². The highest BCUT2D eigenvalue weighted by atomic mass is 16.5. The van der Waals surface area contributed by atoms with Gasteiger partial charge in [-0.05, 0) is 0 Å². The molecule has 0 aromatic carbocycles. The molecular formula is C15H26N2O9. The quantitative estimate of drug-likeness (QED) is 0.289. The van der Waals surface area contributed by atoms with E-state index in [0.29, 0.717) is 0 Å². The van der Waals surface area contributed by atoms with E-state index in [1.807, 2.05) is 0 Å². The minimum absolute atomic E-state index is 0.0942. The lowest BCUT2D eigenvalue weighted by molar-refractivity contribution is -0.146. The Hall–Kier alpha value is -2.24. The summed E-state index contributed by atoms with van der Waals surface area (Å²) in [4.78, 5) is 48.4. The van der Waals surface area contributed by atoms with Crippen LogP contribution in [-0.2, 0) is 38.1 Å². The van der Waals surface area contributed by atoms with Gasteiger partial charge in [0.2, 0.25) is 0 Å². The summed E-state index contributed by atoms with van der Waals surface area (Å²) in [5.41, 5.74) is 0. The summed E-state index contributed by atoms with van der Waals surface area (Å²) in [6, 6.07) is 0. The zero-order valence-corrected chi connectivity index (χ0v) is 15.4. The largest absolute Gasteiger partial charge is 0.468 e. The fourth-order valence-corrected chi connectivity index (χ4v) is 2.01. The Morgan fingerprint density at radius 3 is 1.08 bits per heavy atom. The summed E-state index contributed by atoms with van der Waals surface area (Å²) in [5, 5.41) is 10.2. The SMILES string of the molecule is COC(=O)CN(CC(=O)OC)CC(O)CN(CC(=O)OC)CC(=O)OC. The molecule has 0 spiro atoms. The first-order chi connectivity index (χ1) is 12.2. The Bertz CT molecular complexity index is 406. The Balaban J connectivity index is 4.89. The van der Waals surface area contributed by atoms with Gasteiger partial charge < -0.3 is 24.1 Å². The molecule has 0 amide bonds. The molecule has 1 N–H and O–H groups in total. The van der Waals surface area contributed by atoms with E-state index in [4.69, 9.17) is 0 Å². The third-order valence-electron chi connectivity index (χ3n) is 3.26. The molecular weight excluding hydrogens is 352 g/mol. The molecule has 0 aromatic rings. The van der Waals surface area contributed by atoms with Crippen LogP contribution < -0.4 is 0 Å². The van der Waals surface area contributed by atoms with Crippen molar-refractivity contribution in [3.8, 4) is 0 Å². The van der Waals surface area contributed by atoms with Crippen LogP contribution in [-0.4, -0.2) is 113 Å². The van der Waals surface area contributed by atoms with E-state index < -0.39 is 30.0 Å². The first-order valence-corrected chi connectivity index (χ1v) is 7.65. The van der Waals surface area contributed by atoms with Crippen molar-refractivity contribution in [3.05, 3.63) is 0 Å². The molecule has 0 aromatic heterocycles. The summed E-state index contributed by atoms with van der Waals surface area (Å²) in [5.74, 6) is -2.38. The van der Waals surface area contributed by atoms with Crippen LogP contribution in [0.4, 0.5) is 0 Å². The maximum absolute atomic E-state index is 11.4. The van der Waals surface area contributed by atoms with Crippen LogP contribution in [0, 0.1) is 0 Å². The second-order valence-corrected chi connectivity index (χ2v) is 5.30. The predicted molar refractivity (Wildman–Crippen MR) is 87.0 cm³/mol. The van der Waals surface area contributed by atoms with E-state index in [2.05, 4.69) is 18.9 Å². The number of hydrogen-bond donors (Lipinski definition) is 1. The molecule has 0 aliphatic carbocycles. The number of rotatable bonds is 12. The molecule has 0 saturated heterocycles. The van der Waals surface area contributed by atoms with Gasteiger partial charge in [-0.25, -0.2) is 0 Å². The molecule has 0 radical (unpaired) electrons. The number of carbonyl (C=O) groups excluding carboxylic acids is 4. The van der Waals surface area contributed by atoms with Gasteiger partial charge in [-0.3, -0.25) is 29.0 Å². The van der Waals surface area contributed by atoms with E-state index in [0.717, 1.165) is 0 Å². The first-order valence-electron chi connectivity index (χ1n) is 7.65. The molecule has 0 atom stereocenters. The van der Waals surface area contributed by atoms with Gasteiger partial charge in [-0.15, -0.1) is 0 Å². The number of esters is 4. The van der Waals surface area contributed by atoms with Crippen molar-refractivity contribution in [2.45, 2.75) is 6.10 Å². The predicted octanol–water partition coefficient (Wildman–Crippen LogP) is -2.36. The van der Waals surface area contributed by atoms with Crippen molar-refractivity contribution < 1.29 is 43.2 Å². The second-order valence-electron chi connectivity index (χ2n) is 5.30. The van der Waals surface area contributed by atoms with E-state index in [1.165, 1.54) is 38.2 Å². The van der Waals surface area contributed by atoms with Crippen molar-refractivity contribution in [2.24, 2.45) is 0 Å². The molecule has 26 heavy (non-hydrogen) atoms. The lowest BCUT2D eigenvalue weighted by Gasteiger charge is -2.27. The Morgan fingerprint density at radius 2 is 0.885 bits per heavy atom. The maximum atomic E-state index is 11.4. The normalized spacial score (nSPS) is 10.8. The zero-order chi connectivity index (χ0) is 20.1. The summed E-state index contributed by atoms with van der Waals surface area (Å²) in [6.45, 7) is -1.15. The summed E-state index contributed by atoms with van der Waals surface area (Å²) < 4.78 is 18.2. The number of aliphatic hydroxyl groups excluding tert-OH is 1. The molecule has 0 saturated carbocycles. The highest BCUT2D eigenvalue weighted by Crippen LogP contribution is 2.00. The van der Waals surface area contributed by atoms with Crippen LogP contribution in [0.2, 0.25) is 0 Å². The van der Waals surface area contributed by atoms with Crippen molar-refractivity contribution in [1.29, 1.82) is 0 Å². The lowest BCUT2D eigenvalue weighted by Crippen LogP contribution is -2.46. The standard InChI is InChI=1S/C15H26N2O9/c1-23-12(19)7-16(8-13(20)24-2)5-11(18)6-17(9-14(21)25-3)10-15(22)26-4/h11,18H,5-10H2,1-4H3. The first kappa shape index (κ1) is 23.8. The minimum Gasteiger partial charge on any atom is -0.468 e. The molecule has 150 valence electrons. The van der Waals surface area contributed by atoms with Crippen LogP contribution in [0.5, 0.6) is 0 Å². The van der Waals surface area contributed by atoms with Crippen molar-refractivity contribution in [2.75, 3.05) is 67.7 Å².